The quantitative estimate of drug-likeness (QED) is 0.626. The summed E-state index contributed by atoms with van der Waals surface area (Å²) in [5.74, 6) is -0.136. The minimum absolute atomic E-state index is 0.0224. The summed E-state index contributed by atoms with van der Waals surface area (Å²) in [4.78, 5) is 36.2. The highest BCUT2D eigenvalue weighted by Gasteiger charge is 2.36. The van der Waals surface area contributed by atoms with Crippen LogP contribution in [0.25, 0.3) is 0 Å². The smallest absolute Gasteiger partial charge is 0.277 e. The van der Waals surface area contributed by atoms with Gasteiger partial charge in [-0.2, -0.15) is 0 Å². The number of hydrogen-bond donors (Lipinski definition) is 2. The summed E-state index contributed by atoms with van der Waals surface area (Å²) in [5, 5.41) is 12.9. The molecule has 2 aliphatic heterocycles. The molecule has 0 saturated carbocycles. The number of anilines is 1. The second-order valence-electron chi connectivity index (χ2n) is 6.91. The number of aromatic nitrogens is 2. The minimum Gasteiger partial charge on any atom is -0.356 e. The number of likely N-dealkylation sites (N-methyl/N-ethyl adjacent to an activating group) is 1. The maximum Gasteiger partial charge on any atom is 0.277 e. The van der Waals surface area contributed by atoms with Crippen molar-refractivity contribution >= 4 is 17.6 Å². The molecule has 2 N–H and O–H groups in total. The van der Waals surface area contributed by atoms with Gasteiger partial charge in [0.05, 0.1) is 6.33 Å². The molecule has 1 aromatic rings. The molecule has 26 heavy (non-hydrogen) atoms. The number of nitrogens with one attached hydrogen (secondary N) is 1. The lowest BCUT2D eigenvalue weighted by molar-refractivity contribution is -0.121. The van der Waals surface area contributed by atoms with Crippen LogP contribution in [0.5, 0.6) is 0 Å². The molecule has 1 saturated heterocycles. The van der Waals surface area contributed by atoms with Crippen molar-refractivity contribution in [3.05, 3.63) is 12.0 Å². The van der Waals surface area contributed by atoms with Gasteiger partial charge in [0.15, 0.2) is 11.5 Å². The molecule has 144 valence electrons. The number of carbonyl (C=O) groups excluding carboxylic acids is 2. The number of nitrogens with zero attached hydrogens (tertiary/aromatic N) is 6. The van der Waals surface area contributed by atoms with Crippen LogP contribution in [0, 0.1) is 0 Å². The van der Waals surface area contributed by atoms with Crippen molar-refractivity contribution in [3.63, 3.8) is 0 Å². The van der Waals surface area contributed by atoms with Crippen LogP contribution in [0.1, 0.15) is 10.5 Å². The van der Waals surface area contributed by atoms with Crippen LogP contribution in [0.4, 0.5) is 5.82 Å². The number of piperazine rings is 1. The Balaban J connectivity index is 1.54. The first kappa shape index (κ1) is 18.6. The van der Waals surface area contributed by atoms with E-state index in [1.54, 1.807) is 7.05 Å². The van der Waals surface area contributed by atoms with Gasteiger partial charge in [0.2, 0.25) is 12.3 Å². The van der Waals surface area contributed by atoms with Crippen LogP contribution >= 0.6 is 0 Å². The van der Waals surface area contributed by atoms with E-state index in [1.165, 1.54) is 27.7 Å². The maximum atomic E-state index is 12.4. The molecular formula is C16H27N7O3. The third-order valence-electron chi connectivity index (χ3n) is 5.03. The van der Waals surface area contributed by atoms with Gasteiger partial charge >= 0.3 is 0 Å². The third kappa shape index (κ3) is 3.67. The second-order valence-corrected chi connectivity index (χ2v) is 6.91. The van der Waals surface area contributed by atoms with E-state index in [0.29, 0.717) is 18.1 Å². The van der Waals surface area contributed by atoms with E-state index in [2.05, 4.69) is 27.1 Å². The average Bonchev–Trinajstić information content (AvgIpc) is 3.03. The van der Waals surface area contributed by atoms with Crippen molar-refractivity contribution < 1.29 is 14.7 Å². The number of imidazole rings is 1. The molecule has 2 aliphatic rings. The van der Waals surface area contributed by atoms with E-state index in [0.717, 1.165) is 32.7 Å². The first-order valence-electron chi connectivity index (χ1n) is 8.79. The molecular weight excluding hydrogens is 338 g/mol. The van der Waals surface area contributed by atoms with Crippen LogP contribution in [-0.2, 0) is 11.3 Å². The fourth-order valence-electron chi connectivity index (χ4n) is 3.24. The molecule has 0 radical (unpaired) electrons. The summed E-state index contributed by atoms with van der Waals surface area (Å²) < 4.78 is 1.53. The van der Waals surface area contributed by atoms with E-state index in [1.807, 2.05) is 0 Å². The average molecular weight is 365 g/mol. The van der Waals surface area contributed by atoms with E-state index in [4.69, 9.17) is 0 Å². The van der Waals surface area contributed by atoms with Crippen LogP contribution < -0.4 is 10.2 Å². The molecule has 0 spiro atoms. The zero-order valence-corrected chi connectivity index (χ0v) is 15.6. The lowest BCUT2D eigenvalue weighted by Crippen LogP contribution is -2.52. The molecule has 1 aromatic heterocycles. The fourth-order valence-corrected chi connectivity index (χ4v) is 3.24. The second kappa shape index (κ2) is 7.60. The molecule has 1 fully saturated rings. The van der Waals surface area contributed by atoms with Gasteiger partial charge in [0, 0.05) is 53.4 Å². The topological polar surface area (TPSA) is 97.2 Å². The van der Waals surface area contributed by atoms with Gasteiger partial charge in [-0.05, 0) is 7.05 Å². The van der Waals surface area contributed by atoms with E-state index in [9.17, 15) is 14.7 Å². The van der Waals surface area contributed by atoms with Crippen molar-refractivity contribution in [2.75, 3.05) is 65.3 Å². The molecule has 10 heteroatoms. The van der Waals surface area contributed by atoms with Crippen LogP contribution in [-0.4, -0.2) is 108 Å². The number of rotatable bonds is 5. The highest BCUT2D eigenvalue weighted by atomic mass is 16.3. The predicted molar refractivity (Wildman–Crippen MR) is 95.7 cm³/mol. The summed E-state index contributed by atoms with van der Waals surface area (Å²) in [6.45, 7) is 5.53. The summed E-state index contributed by atoms with van der Waals surface area (Å²) in [6, 6.07) is 0. The molecule has 10 nitrogen and oxygen atoms in total. The standard InChI is InChI=1S/C16H27N7O3/c1-19-6-8-22(9-7-19)5-4-17-12(24)10-23-11-18-14-13(23)15(25)21(3)16(26)20(14)2/h11,16,26H,4-10H2,1-3H3,(H,17,24). The summed E-state index contributed by atoms with van der Waals surface area (Å²) in [5.41, 5.74) is 0.314. The first-order valence-corrected chi connectivity index (χ1v) is 8.79. The van der Waals surface area contributed by atoms with Gasteiger partial charge in [0.1, 0.15) is 6.54 Å². The van der Waals surface area contributed by atoms with Crippen LogP contribution in [0.3, 0.4) is 0 Å². The Morgan fingerprint density at radius 3 is 2.62 bits per heavy atom. The monoisotopic (exact) mass is 365 g/mol. The van der Waals surface area contributed by atoms with Crippen molar-refractivity contribution in [2.45, 2.75) is 12.9 Å². The number of hydrogen-bond acceptors (Lipinski definition) is 7. The van der Waals surface area contributed by atoms with Crippen molar-refractivity contribution in [1.82, 2.24) is 29.6 Å². The summed E-state index contributed by atoms with van der Waals surface area (Å²) in [6.07, 6.45) is 0.404. The fraction of sp³-hybridized carbons (Fsp3) is 0.688. The van der Waals surface area contributed by atoms with Crippen molar-refractivity contribution in [1.29, 1.82) is 0 Å². The van der Waals surface area contributed by atoms with Gasteiger partial charge in [-0.25, -0.2) is 4.98 Å². The van der Waals surface area contributed by atoms with E-state index < -0.39 is 6.35 Å². The number of amides is 2. The van der Waals surface area contributed by atoms with Gasteiger partial charge in [-0.15, -0.1) is 0 Å². The first-order chi connectivity index (χ1) is 12.4. The molecule has 2 amide bonds. The highest BCUT2D eigenvalue weighted by molar-refractivity contribution is 5.99. The zero-order chi connectivity index (χ0) is 18.8. The lowest BCUT2D eigenvalue weighted by Gasteiger charge is -2.36. The Hall–Kier alpha value is -2.17. The van der Waals surface area contributed by atoms with Gasteiger partial charge in [-0.1, -0.05) is 0 Å². The Labute approximate surface area is 153 Å². The van der Waals surface area contributed by atoms with Gasteiger partial charge in [-0.3, -0.25) is 19.4 Å². The summed E-state index contributed by atoms with van der Waals surface area (Å²) >= 11 is 0. The van der Waals surface area contributed by atoms with Gasteiger partial charge < -0.3 is 24.8 Å². The highest BCUT2D eigenvalue weighted by Crippen LogP contribution is 2.26. The maximum absolute atomic E-state index is 12.4. The largest absolute Gasteiger partial charge is 0.356 e. The van der Waals surface area contributed by atoms with Crippen molar-refractivity contribution in [2.24, 2.45) is 0 Å². The molecule has 0 aliphatic carbocycles. The van der Waals surface area contributed by atoms with Crippen LogP contribution in [0.2, 0.25) is 0 Å². The molecule has 1 unspecified atom stereocenters. The van der Waals surface area contributed by atoms with E-state index in [-0.39, 0.29) is 18.4 Å². The third-order valence-corrected chi connectivity index (χ3v) is 5.03. The van der Waals surface area contributed by atoms with E-state index >= 15 is 0 Å². The van der Waals surface area contributed by atoms with Gasteiger partial charge in [0.25, 0.3) is 5.91 Å². The normalized spacial score (nSPS) is 21.8. The number of aliphatic hydroxyl groups excluding tert-OH is 1. The Bertz CT molecular complexity index is 669. The molecule has 0 bridgehead atoms. The van der Waals surface area contributed by atoms with Crippen LogP contribution in [0.15, 0.2) is 6.33 Å². The van der Waals surface area contributed by atoms with Crippen molar-refractivity contribution in [3.8, 4) is 0 Å². The lowest BCUT2D eigenvalue weighted by atomic mass is 10.3. The molecule has 0 aromatic carbocycles. The SMILES string of the molecule is CN1CCN(CCNC(=O)Cn2cnc3c2C(=O)N(C)C(O)N3C)CC1. The Morgan fingerprint density at radius 1 is 1.23 bits per heavy atom. The predicted octanol–water partition coefficient (Wildman–Crippen LogP) is -1.96. The minimum atomic E-state index is -1.06. The molecule has 1 atom stereocenters. The Morgan fingerprint density at radius 2 is 1.92 bits per heavy atom. The number of fused-ring (bicyclic) bond motifs is 1. The zero-order valence-electron chi connectivity index (χ0n) is 15.6. The number of carbonyl (C=O) groups is 2. The molecule has 3 heterocycles. The Kier molecular flexibility index (Phi) is 5.44. The molecule has 3 rings (SSSR count). The number of aliphatic hydroxyl groups is 1. The summed E-state index contributed by atoms with van der Waals surface area (Å²) in [7, 11) is 5.28.